The zero-order valence-electron chi connectivity index (χ0n) is 13.0. The maximum Gasteiger partial charge on any atom is 0.234 e. The van der Waals surface area contributed by atoms with Crippen molar-refractivity contribution in [3.8, 4) is 0 Å². The van der Waals surface area contributed by atoms with Gasteiger partial charge in [-0.25, -0.2) is 0 Å². The first-order valence-corrected chi connectivity index (χ1v) is 8.26. The highest BCUT2D eigenvalue weighted by Crippen LogP contribution is 2.22. The summed E-state index contributed by atoms with van der Waals surface area (Å²) in [6.07, 6.45) is 2.56. The van der Waals surface area contributed by atoms with E-state index in [9.17, 15) is 9.59 Å². The van der Waals surface area contributed by atoms with Gasteiger partial charge in [0.05, 0.1) is 6.54 Å². The summed E-state index contributed by atoms with van der Waals surface area (Å²) in [6, 6.07) is 7.08. The van der Waals surface area contributed by atoms with Crippen LogP contribution in [0.1, 0.15) is 36.5 Å². The number of carbonyl (C=O) groups is 2. The molecule has 0 aliphatic carbocycles. The molecule has 0 bridgehead atoms. The smallest absolute Gasteiger partial charge is 0.234 e. The topological polar surface area (TPSA) is 49.4 Å². The van der Waals surface area contributed by atoms with Crippen LogP contribution < -0.4 is 5.32 Å². The molecule has 0 saturated carbocycles. The summed E-state index contributed by atoms with van der Waals surface area (Å²) in [5.41, 5.74) is 0.725. The lowest BCUT2D eigenvalue weighted by Crippen LogP contribution is -2.42. The highest BCUT2D eigenvalue weighted by Gasteiger charge is 2.26. The van der Waals surface area contributed by atoms with E-state index in [0.717, 1.165) is 44.5 Å². The Morgan fingerprint density at radius 1 is 1.23 bits per heavy atom. The molecule has 0 unspecified atom stereocenters. The minimum absolute atomic E-state index is 0.0520. The molecule has 5 heteroatoms. The molecule has 4 nitrogen and oxygen atoms in total. The van der Waals surface area contributed by atoms with Crippen LogP contribution in [0.25, 0.3) is 0 Å². The maximum atomic E-state index is 12.4. The molecule has 1 aliphatic heterocycles. The Balaban J connectivity index is 1.80. The average Bonchev–Trinajstić information content (AvgIpc) is 2.54. The van der Waals surface area contributed by atoms with Gasteiger partial charge in [-0.1, -0.05) is 18.5 Å². The Bertz CT molecular complexity index is 508. The molecule has 0 aromatic heterocycles. The number of nitrogens with one attached hydrogen (secondary N) is 1. The van der Waals surface area contributed by atoms with Gasteiger partial charge in [0, 0.05) is 23.0 Å². The van der Waals surface area contributed by atoms with Crippen LogP contribution in [-0.4, -0.2) is 42.8 Å². The molecule has 1 heterocycles. The van der Waals surface area contributed by atoms with Gasteiger partial charge in [0.15, 0.2) is 5.78 Å². The van der Waals surface area contributed by atoms with Gasteiger partial charge in [0.2, 0.25) is 5.91 Å². The number of carbonyl (C=O) groups excluding carboxylic acids is 2. The van der Waals surface area contributed by atoms with Crippen LogP contribution >= 0.6 is 11.6 Å². The summed E-state index contributed by atoms with van der Waals surface area (Å²) in [6.45, 7) is 4.79. The third kappa shape index (κ3) is 4.82. The predicted molar refractivity (Wildman–Crippen MR) is 88.2 cm³/mol. The minimum atomic E-state index is 0.0520. The largest absolute Gasteiger partial charge is 0.355 e. The first kappa shape index (κ1) is 17.0. The molecule has 0 radical (unpaired) electrons. The standard InChI is InChI=1S/C17H23ClN2O2/c1-2-9-19-16(21)12-20-10-7-14(8-11-20)17(22)13-3-5-15(18)6-4-13/h3-6,14H,2,7-12H2,1H3,(H,19,21). The van der Waals surface area contributed by atoms with E-state index in [1.807, 2.05) is 6.92 Å². The Morgan fingerprint density at radius 2 is 1.86 bits per heavy atom. The Morgan fingerprint density at radius 3 is 2.45 bits per heavy atom. The van der Waals surface area contributed by atoms with Crippen molar-refractivity contribution >= 4 is 23.3 Å². The molecule has 1 aromatic rings. The van der Waals surface area contributed by atoms with E-state index in [2.05, 4.69) is 10.2 Å². The molecule has 0 atom stereocenters. The van der Waals surface area contributed by atoms with Gasteiger partial charge in [0.25, 0.3) is 0 Å². The van der Waals surface area contributed by atoms with Gasteiger partial charge in [0.1, 0.15) is 0 Å². The van der Waals surface area contributed by atoms with Crippen molar-refractivity contribution in [2.24, 2.45) is 5.92 Å². The number of rotatable bonds is 6. The number of nitrogens with zero attached hydrogens (tertiary/aromatic N) is 1. The van der Waals surface area contributed by atoms with Gasteiger partial charge < -0.3 is 5.32 Å². The Labute approximate surface area is 136 Å². The van der Waals surface area contributed by atoms with Crippen molar-refractivity contribution < 1.29 is 9.59 Å². The van der Waals surface area contributed by atoms with Crippen molar-refractivity contribution in [2.75, 3.05) is 26.2 Å². The summed E-state index contributed by atoms with van der Waals surface area (Å²) >= 11 is 5.85. The molecule has 1 aliphatic rings. The maximum absolute atomic E-state index is 12.4. The normalized spacial score (nSPS) is 16.5. The fourth-order valence-corrected chi connectivity index (χ4v) is 2.85. The van der Waals surface area contributed by atoms with Gasteiger partial charge in [-0.3, -0.25) is 14.5 Å². The molecule has 1 fully saturated rings. The number of likely N-dealkylation sites (tertiary alicyclic amines) is 1. The summed E-state index contributed by atoms with van der Waals surface area (Å²) in [7, 11) is 0. The van der Waals surface area contributed by atoms with Gasteiger partial charge in [-0.05, 0) is 56.6 Å². The average molecular weight is 323 g/mol. The lowest BCUT2D eigenvalue weighted by Gasteiger charge is -2.30. The van der Waals surface area contributed by atoms with Crippen LogP contribution in [0.5, 0.6) is 0 Å². The monoisotopic (exact) mass is 322 g/mol. The summed E-state index contributed by atoms with van der Waals surface area (Å²) in [5, 5.41) is 3.53. The second-order valence-electron chi connectivity index (χ2n) is 5.77. The number of piperidine rings is 1. The van der Waals surface area contributed by atoms with E-state index in [0.29, 0.717) is 11.6 Å². The van der Waals surface area contributed by atoms with Crippen LogP contribution in [0.4, 0.5) is 0 Å². The molecule has 22 heavy (non-hydrogen) atoms. The van der Waals surface area contributed by atoms with Crippen LogP contribution in [-0.2, 0) is 4.79 Å². The quantitative estimate of drug-likeness (QED) is 0.819. The third-order valence-corrected chi connectivity index (χ3v) is 4.28. The van der Waals surface area contributed by atoms with Gasteiger partial charge >= 0.3 is 0 Å². The fraction of sp³-hybridized carbons (Fsp3) is 0.529. The first-order valence-electron chi connectivity index (χ1n) is 7.89. The Kier molecular flexibility index (Phi) is 6.40. The van der Waals surface area contributed by atoms with Crippen molar-refractivity contribution in [3.63, 3.8) is 0 Å². The van der Waals surface area contributed by atoms with Crippen molar-refractivity contribution in [3.05, 3.63) is 34.9 Å². The van der Waals surface area contributed by atoms with Crippen LogP contribution in [0, 0.1) is 5.92 Å². The lowest BCUT2D eigenvalue weighted by atomic mass is 9.89. The zero-order chi connectivity index (χ0) is 15.9. The summed E-state index contributed by atoms with van der Waals surface area (Å²) < 4.78 is 0. The molecule has 1 N–H and O–H groups in total. The number of Topliss-reactive ketones (excluding diaryl/α,β-unsaturated/α-hetero) is 1. The van der Waals surface area contributed by atoms with Crippen molar-refractivity contribution in [1.82, 2.24) is 10.2 Å². The molecule has 1 aromatic carbocycles. The lowest BCUT2D eigenvalue weighted by molar-refractivity contribution is -0.122. The predicted octanol–water partition coefficient (Wildman–Crippen LogP) is 2.76. The molecular formula is C17H23ClN2O2. The molecule has 1 saturated heterocycles. The molecule has 0 spiro atoms. The van der Waals surface area contributed by atoms with E-state index in [4.69, 9.17) is 11.6 Å². The summed E-state index contributed by atoms with van der Waals surface area (Å²) in [4.78, 5) is 26.3. The Hall–Kier alpha value is -1.39. The highest BCUT2D eigenvalue weighted by molar-refractivity contribution is 6.30. The third-order valence-electron chi connectivity index (χ3n) is 4.03. The second kappa shape index (κ2) is 8.30. The van der Waals surface area contributed by atoms with Crippen LogP contribution in [0.15, 0.2) is 24.3 Å². The van der Waals surface area contributed by atoms with E-state index in [-0.39, 0.29) is 17.6 Å². The van der Waals surface area contributed by atoms with Crippen LogP contribution in [0.3, 0.4) is 0 Å². The van der Waals surface area contributed by atoms with Crippen LogP contribution in [0.2, 0.25) is 5.02 Å². The first-order chi connectivity index (χ1) is 10.6. The minimum Gasteiger partial charge on any atom is -0.355 e. The number of amides is 1. The molecule has 2 rings (SSSR count). The van der Waals surface area contributed by atoms with Gasteiger partial charge in [-0.2, -0.15) is 0 Å². The van der Waals surface area contributed by atoms with E-state index in [1.165, 1.54) is 0 Å². The molecular weight excluding hydrogens is 300 g/mol. The number of benzene rings is 1. The number of hydrogen-bond donors (Lipinski definition) is 1. The van der Waals surface area contributed by atoms with E-state index < -0.39 is 0 Å². The van der Waals surface area contributed by atoms with Gasteiger partial charge in [-0.15, -0.1) is 0 Å². The second-order valence-corrected chi connectivity index (χ2v) is 6.21. The van der Waals surface area contributed by atoms with Crippen molar-refractivity contribution in [1.29, 1.82) is 0 Å². The number of hydrogen-bond acceptors (Lipinski definition) is 3. The van der Waals surface area contributed by atoms with E-state index in [1.54, 1.807) is 24.3 Å². The number of ketones is 1. The molecule has 1 amide bonds. The number of halogens is 1. The van der Waals surface area contributed by atoms with E-state index >= 15 is 0 Å². The highest BCUT2D eigenvalue weighted by atomic mass is 35.5. The SMILES string of the molecule is CCCNC(=O)CN1CCC(C(=O)c2ccc(Cl)cc2)CC1. The zero-order valence-corrected chi connectivity index (χ0v) is 13.7. The summed E-state index contributed by atoms with van der Waals surface area (Å²) in [5.74, 6) is 0.312. The molecule has 120 valence electrons. The fourth-order valence-electron chi connectivity index (χ4n) is 2.73. The van der Waals surface area contributed by atoms with Crippen molar-refractivity contribution in [2.45, 2.75) is 26.2 Å².